The van der Waals surface area contributed by atoms with Gasteiger partial charge >= 0.3 is 0 Å². The van der Waals surface area contributed by atoms with Gasteiger partial charge in [0.05, 0.1) is 0 Å². The molecule has 0 saturated heterocycles. The van der Waals surface area contributed by atoms with E-state index in [1.165, 1.54) is 19.3 Å². The van der Waals surface area contributed by atoms with Gasteiger partial charge in [0, 0.05) is 18.1 Å². The number of rotatable bonds is 3. The van der Waals surface area contributed by atoms with Crippen molar-refractivity contribution in [1.82, 2.24) is 4.90 Å². The minimum Gasteiger partial charge on any atom is -0.329 e. The molecule has 1 saturated carbocycles. The molecule has 0 heterocycles. The quantitative estimate of drug-likeness (QED) is 0.837. The second kappa shape index (κ2) is 5.28. The topological polar surface area (TPSA) is 29.3 Å². The van der Waals surface area contributed by atoms with Gasteiger partial charge in [-0.2, -0.15) is 0 Å². The molecule has 0 aromatic carbocycles. The van der Waals surface area contributed by atoms with Crippen LogP contribution in [0.4, 0.5) is 0 Å². The molecule has 2 nitrogen and oxygen atoms in total. The van der Waals surface area contributed by atoms with Gasteiger partial charge in [-0.15, -0.1) is 0 Å². The molecule has 2 N–H and O–H groups in total. The summed E-state index contributed by atoms with van der Waals surface area (Å²) in [6, 6.07) is 0.524. The van der Waals surface area contributed by atoms with Gasteiger partial charge in [0.15, 0.2) is 0 Å². The van der Waals surface area contributed by atoms with E-state index in [0.717, 1.165) is 6.54 Å². The molecule has 1 fully saturated rings. The number of likely N-dealkylation sites (N-methyl/N-ethyl adjacent to an activating group) is 1. The van der Waals surface area contributed by atoms with E-state index in [9.17, 15) is 0 Å². The molecule has 0 bridgehead atoms. The first kappa shape index (κ1) is 18.0. The number of hydrogen-bond acceptors (Lipinski definition) is 2. The average Bonchev–Trinajstić information content (AvgIpc) is 2.21. The molecule has 0 aliphatic heterocycles. The highest BCUT2D eigenvalue weighted by molar-refractivity contribution is 5.05. The molecule has 0 aromatic heterocycles. The van der Waals surface area contributed by atoms with E-state index in [4.69, 9.17) is 5.73 Å². The maximum Gasteiger partial charge on any atom is 0.0341 e. The SMILES string of the molecule is CC(N(C)C1(CN)CC(C)(C)CC(C)(C)C1)C(C)(C)C. The summed E-state index contributed by atoms with van der Waals surface area (Å²) in [5.41, 5.74) is 7.47. The van der Waals surface area contributed by atoms with Crippen LogP contribution < -0.4 is 5.73 Å². The Balaban J connectivity index is 3.13. The molecule has 0 spiro atoms. The van der Waals surface area contributed by atoms with Crippen molar-refractivity contribution < 1.29 is 0 Å². The maximum atomic E-state index is 6.32. The van der Waals surface area contributed by atoms with Crippen LogP contribution in [-0.2, 0) is 0 Å². The first-order valence-electron chi connectivity index (χ1n) is 8.18. The normalized spacial score (nSPS) is 26.6. The monoisotopic (exact) mass is 282 g/mol. The minimum absolute atomic E-state index is 0.137. The predicted molar refractivity (Wildman–Crippen MR) is 89.9 cm³/mol. The molecule has 2 heteroatoms. The highest BCUT2D eigenvalue weighted by Crippen LogP contribution is 2.52. The van der Waals surface area contributed by atoms with Crippen LogP contribution in [0, 0.1) is 16.2 Å². The van der Waals surface area contributed by atoms with Crippen molar-refractivity contribution in [2.24, 2.45) is 22.0 Å². The molecular weight excluding hydrogens is 244 g/mol. The van der Waals surface area contributed by atoms with E-state index in [2.05, 4.69) is 67.3 Å². The number of hydrogen-bond donors (Lipinski definition) is 1. The van der Waals surface area contributed by atoms with Crippen molar-refractivity contribution >= 4 is 0 Å². The Morgan fingerprint density at radius 1 is 1.00 bits per heavy atom. The Morgan fingerprint density at radius 2 is 1.40 bits per heavy atom. The summed E-state index contributed by atoms with van der Waals surface area (Å²) in [6.07, 6.45) is 3.70. The molecule has 0 radical (unpaired) electrons. The summed E-state index contributed by atoms with van der Waals surface area (Å²) in [7, 11) is 2.29. The van der Waals surface area contributed by atoms with Gasteiger partial charge in [-0.1, -0.05) is 48.5 Å². The third-order valence-electron chi connectivity index (χ3n) is 5.53. The summed E-state index contributed by atoms with van der Waals surface area (Å²) < 4.78 is 0. The van der Waals surface area contributed by atoms with Crippen LogP contribution in [0.25, 0.3) is 0 Å². The van der Waals surface area contributed by atoms with E-state index >= 15 is 0 Å². The summed E-state index contributed by atoms with van der Waals surface area (Å²) in [6.45, 7) is 19.7. The third-order valence-corrected chi connectivity index (χ3v) is 5.53. The summed E-state index contributed by atoms with van der Waals surface area (Å²) >= 11 is 0. The molecule has 20 heavy (non-hydrogen) atoms. The van der Waals surface area contributed by atoms with Gasteiger partial charge in [-0.05, 0) is 49.5 Å². The van der Waals surface area contributed by atoms with E-state index in [-0.39, 0.29) is 11.0 Å². The molecule has 0 aromatic rings. The lowest BCUT2D eigenvalue weighted by Crippen LogP contribution is -2.63. The minimum atomic E-state index is 0.137. The number of nitrogens with two attached hydrogens (primary N) is 1. The molecule has 1 atom stereocenters. The van der Waals surface area contributed by atoms with Gasteiger partial charge in [-0.3, -0.25) is 4.90 Å². The Bertz CT molecular complexity index is 320. The second-order valence-corrected chi connectivity index (χ2v) is 9.94. The van der Waals surface area contributed by atoms with Crippen molar-refractivity contribution in [2.75, 3.05) is 13.6 Å². The maximum absolute atomic E-state index is 6.32. The lowest BCUT2D eigenvalue weighted by atomic mass is 9.57. The van der Waals surface area contributed by atoms with Crippen molar-refractivity contribution in [3.63, 3.8) is 0 Å². The molecule has 120 valence electrons. The molecule has 1 aliphatic carbocycles. The molecular formula is C18H38N2. The van der Waals surface area contributed by atoms with E-state index < -0.39 is 0 Å². The first-order chi connectivity index (χ1) is 8.75. The summed E-state index contributed by atoms with van der Waals surface area (Å²) in [5.74, 6) is 0. The van der Waals surface area contributed by atoms with Crippen LogP contribution in [0.15, 0.2) is 0 Å². The van der Waals surface area contributed by atoms with Gasteiger partial charge < -0.3 is 5.73 Å². The van der Waals surface area contributed by atoms with Crippen molar-refractivity contribution in [2.45, 2.75) is 86.2 Å². The van der Waals surface area contributed by atoms with Crippen molar-refractivity contribution in [3.8, 4) is 0 Å². The zero-order chi connectivity index (χ0) is 16.0. The van der Waals surface area contributed by atoms with Gasteiger partial charge in [0.1, 0.15) is 0 Å². The average molecular weight is 283 g/mol. The Labute approximate surface area is 127 Å². The van der Waals surface area contributed by atoms with Crippen LogP contribution in [0.3, 0.4) is 0 Å². The Hall–Kier alpha value is -0.0800. The Morgan fingerprint density at radius 3 is 1.70 bits per heavy atom. The largest absolute Gasteiger partial charge is 0.329 e. The lowest BCUT2D eigenvalue weighted by molar-refractivity contribution is -0.0651. The highest BCUT2D eigenvalue weighted by Gasteiger charge is 2.50. The van der Waals surface area contributed by atoms with Crippen LogP contribution in [0.5, 0.6) is 0 Å². The third kappa shape index (κ3) is 3.76. The van der Waals surface area contributed by atoms with Crippen molar-refractivity contribution in [3.05, 3.63) is 0 Å². The smallest absolute Gasteiger partial charge is 0.0341 e. The fourth-order valence-electron chi connectivity index (χ4n) is 4.79. The highest BCUT2D eigenvalue weighted by atomic mass is 15.2. The summed E-state index contributed by atoms with van der Waals surface area (Å²) in [4.78, 5) is 2.59. The fraction of sp³-hybridized carbons (Fsp3) is 1.00. The van der Waals surface area contributed by atoms with Crippen molar-refractivity contribution in [1.29, 1.82) is 0 Å². The van der Waals surface area contributed by atoms with E-state index in [0.29, 0.717) is 16.9 Å². The van der Waals surface area contributed by atoms with Gasteiger partial charge in [0.2, 0.25) is 0 Å². The van der Waals surface area contributed by atoms with Crippen LogP contribution in [-0.4, -0.2) is 30.1 Å². The molecule has 1 rings (SSSR count). The van der Waals surface area contributed by atoms with E-state index in [1.54, 1.807) is 0 Å². The lowest BCUT2D eigenvalue weighted by Gasteiger charge is -2.58. The first-order valence-corrected chi connectivity index (χ1v) is 8.18. The Kier molecular flexibility index (Phi) is 4.74. The standard InChI is InChI=1S/C18H38N2/c1-14(15(2,3)4)20(9)18(13-19)11-16(5,6)10-17(7,8)12-18/h14H,10-13,19H2,1-9H3. The van der Waals surface area contributed by atoms with Crippen LogP contribution in [0.2, 0.25) is 0 Å². The second-order valence-electron chi connectivity index (χ2n) is 9.94. The van der Waals surface area contributed by atoms with Gasteiger partial charge in [0.25, 0.3) is 0 Å². The molecule has 0 amide bonds. The summed E-state index contributed by atoms with van der Waals surface area (Å²) in [5, 5.41) is 0. The van der Waals surface area contributed by atoms with Crippen LogP contribution >= 0.6 is 0 Å². The zero-order valence-corrected chi connectivity index (χ0v) is 15.4. The van der Waals surface area contributed by atoms with Gasteiger partial charge in [-0.25, -0.2) is 0 Å². The fourth-order valence-corrected chi connectivity index (χ4v) is 4.79. The van der Waals surface area contributed by atoms with Crippen LogP contribution in [0.1, 0.15) is 74.7 Å². The molecule has 1 unspecified atom stereocenters. The van der Waals surface area contributed by atoms with E-state index in [1.807, 2.05) is 0 Å². The predicted octanol–water partition coefficient (Wildman–Crippen LogP) is 4.29. The zero-order valence-electron chi connectivity index (χ0n) is 15.4. The molecule has 1 aliphatic rings. The number of nitrogens with zero attached hydrogens (tertiary/aromatic N) is 1.